The molecule has 0 unspecified atom stereocenters. The number of aryl methyl sites for hydroxylation is 1. The Morgan fingerprint density at radius 3 is 3.11 bits per heavy atom. The lowest BCUT2D eigenvalue weighted by Crippen LogP contribution is -1.88. The first kappa shape index (κ1) is 5.87. The number of H-pyrrole nitrogens is 1. The zero-order chi connectivity index (χ0) is 6.53. The maximum Gasteiger partial charge on any atom is 0.148 e. The molecule has 0 radical (unpaired) electrons. The molecule has 0 aliphatic heterocycles. The molecule has 0 fully saturated rings. The van der Waals surface area contributed by atoms with Crippen molar-refractivity contribution in [2.45, 2.75) is 12.8 Å². The first-order valence-electron chi connectivity index (χ1n) is 2.59. The van der Waals surface area contributed by atoms with Crippen LogP contribution in [0.5, 0.6) is 0 Å². The summed E-state index contributed by atoms with van der Waals surface area (Å²) in [5.74, 6) is 0.655. The van der Waals surface area contributed by atoms with Crippen molar-refractivity contribution < 1.29 is 4.79 Å². The number of aromatic nitrogens is 4. The fraction of sp³-hybridized carbons (Fsp3) is 0.500. The van der Waals surface area contributed by atoms with Gasteiger partial charge in [0.1, 0.15) is 12.1 Å². The highest BCUT2D eigenvalue weighted by atomic mass is 16.1. The lowest BCUT2D eigenvalue weighted by atomic mass is 10.3. The van der Waals surface area contributed by atoms with E-state index in [0.717, 1.165) is 6.29 Å². The molecule has 0 bridgehead atoms. The van der Waals surface area contributed by atoms with Gasteiger partial charge in [0.15, 0.2) is 0 Å². The molecule has 1 N–H and O–H groups in total. The van der Waals surface area contributed by atoms with Crippen LogP contribution < -0.4 is 0 Å². The van der Waals surface area contributed by atoms with Crippen molar-refractivity contribution in [3.8, 4) is 0 Å². The van der Waals surface area contributed by atoms with Gasteiger partial charge in [-0.25, -0.2) is 5.10 Å². The van der Waals surface area contributed by atoms with Crippen LogP contribution in [0.2, 0.25) is 0 Å². The summed E-state index contributed by atoms with van der Waals surface area (Å²) in [5, 5.41) is 12.8. The summed E-state index contributed by atoms with van der Waals surface area (Å²) in [7, 11) is 0. The molecule has 0 aliphatic carbocycles. The lowest BCUT2D eigenvalue weighted by Gasteiger charge is -1.82. The molecule has 1 aromatic rings. The topological polar surface area (TPSA) is 71.5 Å². The van der Waals surface area contributed by atoms with Gasteiger partial charge in [0.25, 0.3) is 0 Å². The van der Waals surface area contributed by atoms with Gasteiger partial charge in [-0.3, -0.25) is 0 Å². The number of nitrogens with zero attached hydrogens (tertiary/aromatic N) is 3. The van der Waals surface area contributed by atoms with Crippen LogP contribution in [0.3, 0.4) is 0 Å². The highest BCUT2D eigenvalue weighted by molar-refractivity contribution is 5.49. The molecule has 1 rings (SSSR count). The van der Waals surface area contributed by atoms with Crippen LogP contribution in [0.25, 0.3) is 0 Å². The SMILES string of the molecule is O=CCCc1nnn[nH]1. The Kier molecular flexibility index (Phi) is 1.90. The van der Waals surface area contributed by atoms with Gasteiger partial charge < -0.3 is 4.79 Å². The fourth-order valence-electron chi connectivity index (χ4n) is 0.480. The number of aromatic amines is 1. The fourth-order valence-corrected chi connectivity index (χ4v) is 0.480. The molecule has 48 valence electrons. The summed E-state index contributed by atoms with van der Waals surface area (Å²) in [6.45, 7) is 0. The van der Waals surface area contributed by atoms with Crippen molar-refractivity contribution in [3.05, 3.63) is 5.82 Å². The number of carbonyl (C=O) groups is 1. The summed E-state index contributed by atoms with van der Waals surface area (Å²) >= 11 is 0. The van der Waals surface area contributed by atoms with E-state index in [1.807, 2.05) is 0 Å². The second-order valence-corrected chi connectivity index (χ2v) is 1.55. The second-order valence-electron chi connectivity index (χ2n) is 1.55. The summed E-state index contributed by atoms with van der Waals surface area (Å²) < 4.78 is 0. The minimum atomic E-state index is 0.469. The zero-order valence-corrected chi connectivity index (χ0v) is 4.74. The zero-order valence-electron chi connectivity index (χ0n) is 4.74. The quantitative estimate of drug-likeness (QED) is 0.545. The molecule has 0 amide bonds. The van der Waals surface area contributed by atoms with Gasteiger partial charge in [-0.05, 0) is 10.4 Å². The van der Waals surface area contributed by atoms with E-state index in [-0.39, 0.29) is 0 Å². The summed E-state index contributed by atoms with van der Waals surface area (Å²) in [6, 6.07) is 0. The van der Waals surface area contributed by atoms with E-state index in [1.54, 1.807) is 0 Å². The van der Waals surface area contributed by atoms with E-state index < -0.39 is 0 Å². The number of nitrogens with one attached hydrogen (secondary N) is 1. The molecule has 0 spiro atoms. The van der Waals surface area contributed by atoms with Gasteiger partial charge in [-0.1, -0.05) is 0 Å². The van der Waals surface area contributed by atoms with Crippen molar-refractivity contribution in [1.29, 1.82) is 0 Å². The van der Waals surface area contributed by atoms with Crippen LogP contribution in [0.4, 0.5) is 0 Å². The molecule has 1 aromatic heterocycles. The van der Waals surface area contributed by atoms with Crippen molar-refractivity contribution >= 4 is 6.29 Å². The minimum absolute atomic E-state index is 0.469. The predicted molar refractivity (Wildman–Crippen MR) is 28.6 cm³/mol. The highest BCUT2D eigenvalue weighted by Crippen LogP contribution is 1.86. The molecule has 9 heavy (non-hydrogen) atoms. The van der Waals surface area contributed by atoms with Crippen LogP contribution in [0, 0.1) is 0 Å². The van der Waals surface area contributed by atoms with Gasteiger partial charge >= 0.3 is 0 Å². The Morgan fingerprint density at radius 1 is 1.67 bits per heavy atom. The Labute approximate surface area is 51.5 Å². The van der Waals surface area contributed by atoms with Gasteiger partial charge in [-0.2, -0.15) is 0 Å². The summed E-state index contributed by atoms with van der Waals surface area (Å²) in [5.41, 5.74) is 0. The van der Waals surface area contributed by atoms with Crippen LogP contribution >= 0.6 is 0 Å². The van der Waals surface area contributed by atoms with Crippen molar-refractivity contribution in [2.75, 3.05) is 0 Å². The molecule has 5 nitrogen and oxygen atoms in total. The van der Waals surface area contributed by atoms with Gasteiger partial charge in [0.05, 0.1) is 0 Å². The normalized spacial score (nSPS) is 9.33. The molecule has 0 saturated carbocycles. The van der Waals surface area contributed by atoms with E-state index >= 15 is 0 Å². The minimum Gasteiger partial charge on any atom is -0.303 e. The molecular weight excluding hydrogens is 120 g/mol. The Morgan fingerprint density at radius 2 is 2.56 bits per heavy atom. The van der Waals surface area contributed by atoms with Crippen LogP contribution in [-0.4, -0.2) is 26.9 Å². The maximum atomic E-state index is 9.82. The standard InChI is InChI=1S/C4H6N4O/c9-3-1-2-4-5-7-8-6-4/h3H,1-2H2,(H,5,6,7,8). The van der Waals surface area contributed by atoms with E-state index in [4.69, 9.17) is 0 Å². The molecule has 5 heteroatoms. The Balaban J connectivity index is 2.38. The Hall–Kier alpha value is -1.26. The van der Waals surface area contributed by atoms with Gasteiger partial charge in [-0.15, -0.1) is 5.10 Å². The number of hydrogen-bond acceptors (Lipinski definition) is 4. The predicted octanol–water partition coefficient (Wildman–Crippen LogP) is -0.669. The number of carbonyl (C=O) groups excluding carboxylic acids is 1. The maximum absolute atomic E-state index is 9.82. The van der Waals surface area contributed by atoms with Crippen LogP contribution in [0.15, 0.2) is 0 Å². The van der Waals surface area contributed by atoms with E-state index in [9.17, 15) is 4.79 Å². The van der Waals surface area contributed by atoms with E-state index in [1.165, 1.54) is 0 Å². The third-order valence-electron chi connectivity index (χ3n) is 0.888. The molecular formula is C4H6N4O. The van der Waals surface area contributed by atoms with Crippen LogP contribution in [0.1, 0.15) is 12.2 Å². The summed E-state index contributed by atoms with van der Waals surface area (Å²) in [4.78, 5) is 9.82. The molecule has 0 atom stereocenters. The van der Waals surface area contributed by atoms with E-state index in [0.29, 0.717) is 18.7 Å². The Bertz CT molecular complexity index is 171. The second kappa shape index (κ2) is 2.91. The summed E-state index contributed by atoms with van der Waals surface area (Å²) in [6.07, 6.45) is 1.90. The number of hydrogen-bond donors (Lipinski definition) is 1. The first-order valence-corrected chi connectivity index (χ1v) is 2.59. The lowest BCUT2D eigenvalue weighted by molar-refractivity contribution is -0.107. The molecule has 0 saturated heterocycles. The van der Waals surface area contributed by atoms with Crippen LogP contribution in [-0.2, 0) is 11.2 Å². The molecule has 0 aromatic carbocycles. The average Bonchev–Trinajstić information content (AvgIpc) is 2.34. The van der Waals surface area contributed by atoms with Gasteiger partial charge in [0.2, 0.25) is 0 Å². The third kappa shape index (κ3) is 1.60. The molecule has 0 aliphatic rings. The third-order valence-corrected chi connectivity index (χ3v) is 0.888. The number of tetrazole rings is 1. The largest absolute Gasteiger partial charge is 0.303 e. The van der Waals surface area contributed by atoms with Crippen molar-refractivity contribution in [1.82, 2.24) is 20.6 Å². The van der Waals surface area contributed by atoms with E-state index in [2.05, 4.69) is 20.6 Å². The average molecular weight is 126 g/mol. The van der Waals surface area contributed by atoms with Gasteiger partial charge in [0, 0.05) is 12.8 Å². The number of rotatable bonds is 3. The monoisotopic (exact) mass is 126 g/mol. The molecule has 1 heterocycles. The van der Waals surface area contributed by atoms with Crippen molar-refractivity contribution in [2.24, 2.45) is 0 Å². The number of aldehydes is 1. The first-order chi connectivity index (χ1) is 4.43. The highest BCUT2D eigenvalue weighted by Gasteiger charge is 1.93. The smallest absolute Gasteiger partial charge is 0.148 e. The van der Waals surface area contributed by atoms with Crippen molar-refractivity contribution in [3.63, 3.8) is 0 Å².